The van der Waals surface area contributed by atoms with E-state index in [4.69, 9.17) is 9.97 Å². The lowest BCUT2D eigenvalue weighted by Crippen LogP contribution is -1.96. The van der Waals surface area contributed by atoms with E-state index in [9.17, 15) is 0 Å². The van der Waals surface area contributed by atoms with Crippen LogP contribution >= 0.6 is 11.3 Å². The zero-order chi connectivity index (χ0) is 40.3. The van der Waals surface area contributed by atoms with Crippen LogP contribution < -0.4 is 0 Å². The summed E-state index contributed by atoms with van der Waals surface area (Å²) in [5.74, 6) is 0.689. The van der Waals surface area contributed by atoms with E-state index in [1.54, 1.807) is 0 Å². The second-order valence-electron chi connectivity index (χ2n) is 15.7. The molecule has 0 atom stereocenters. The smallest absolute Gasteiger partial charge is 0.160 e. The summed E-state index contributed by atoms with van der Waals surface area (Å²) in [6.45, 7) is 0. The summed E-state index contributed by atoms with van der Waals surface area (Å²) in [4.78, 5) is 10.7. The third-order valence-electron chi connectivity index (χ3n) is 12.1. The number of aromatic nitrogens is 2. The Morgan fingerprint density at radius 3 is 1.69 bits per heavy atom. The van der Waals surface area contributed by atoms with Crippen LogP contribution in [0.2, 0.25) is 0 Å². The van der Waals surface area contributed by atoms with Gasteiger partial charge in [0.15, 0.2) is 5.82 Å². The van der Waals surface area contributed by atoms with Crippen molar-refractivity contribution in [2.45, 2.75) is 0 Å². The van der Waals surface area contributed by atoms with E-state index in [0.29, 0.717) is 5.82 Å². The summed E-state index contributed by atoms with van der Waals surface area (Å²) >= 11 is 1.85. The van der Waals surface area contributed by atoms with E-state index in [1.807, 2.05) is 11.3 Å². The van der Waals surface area contributed by atoms with Gasteiger partial charge in [0.25, 0.3) is 0 Å². The zero-order valence-electron chi connectivity index (χ0n) is 33.1. The molecule has 3 heteroatoms. The molecule has 284 valence electrons. The van der Waals surface area contributed by atoms with E-state index in [0.717, 1.165) is 39.2 Å². The summed E-state index contributed by atoms with van der Waals surface area (Å²) in [6.07, 6.45) is 0. The van der Waals surface area contributed by atoms with Crippen LogP contribution in [0.4, 0.5) is 0 Å². The van der Waals surface area contributed by atoms with Crippen molar-refractivity contribution in [3.8, 4) is 67.3 Å². The summed E-state index contributed by atoms with van der Waals surface area (Å²) in [6, 6.07) is 78.7. The van der Waals surface area contributed by atoms with Gasteiger partial charge in [-0.05, 0) is 102 Å². The van der Waals surface area contributed by atoms with Crippen molar-refractivity contribution in [3.05, 3.63) is 218 Å². The number of benzene rings is 10. The molecule has 0 amide bonds. The fourth-order valence-electron chi connectivity index (χ4n) is 9.14. The van der Waals surface area contributed by atoms with Crippen molar-refractivity contribution in [2.24, 2.45) is 0 Å². The van der Waals surface area contributed by atoms with Crippen molar-refractivity contribution in [3.63, 3.8) is 0 Å². The molecule has 0 N–H and O–H groups in total. The second-order valence-corrected chi connectivity index (χ2v) is 16.8. The molecule has 0 aliphatic carbocycles. The number of nitrogens with zero attached hydrogens (tertiary/aromatic N) is 2. The topological polar surface area (TPSA) is 25.8 Å². The number of hydrogen-bond acceptors (Lipinski definition) is 3. The fourth-order valence-corrected chi connectivity index (χ4v) is 10.3. The predicted molar refractivity (Wildman–Crippen MR) is 260 cm³/mol. The van der Waals surface area contributed by atoms with E-state index >= 15 is 0 Å². The normalized spacial score (nSPS) is 11.6. The molecule has 0 saturated heterocycles. The number of hydrogen-bond donors (Lipinski definition) is 0. The Hall–Kier alpha value is -7.72. The molecule has 12 rings (SSSR count). The van der Waals surface area contributed by atoms with Crippen molar-refractivity contribution in [1.82, 2.24) is 9.97 Å². The molecule has 2 nitrogen and oxygen atoms in total. The molecule has 0 fully saturated rings. The molecular formula is C58H36N2S. The maximum atomic E-state index is 5.34. The molecule has 61 heavy (non-hydrogen) atoms. The predicted octanol–water partition coefficient (Wildman–Crippen LogP) is 16.3. The Morgan fingerprint density at radius 2 is 0.885 bits per heavy atom. The van der Waals surface area contributed by atoms with Gasteiger partial charge in [0.05, 0.1) is 11.4 Å². The Bertz CT molecular complexity index is 3640. The minimum Gasteiger partial charge on any atom is -0.228 e. The monoisotopic (exact) mass is 792 g/mol. The molecule has 0 radical (unpaired) electrons. The van der Waals surface area contributed by atoms with E-state index in [-0.39, 0.29) is 0 Å². The summed E-state index contributed by atoms with van der Waals surface area (Å²) in [7, 11) is 0. The number of rotatable bonds is 6. The Labute approximate surface area is 357 Å². The lowest BCUT2D eigenvalue weighted by atomic mass is 9.89. The minimum absolute atomic E-state index is 0.689. The number of thiophene rings is 1. The van der Waals surface area contributed by atoms with Crippen LogP contribution in [0.5, 0.6) is 0 Å². The first-order valence-electron chi connectivity index (χ1n) is 20.7. The lowest BCUT2D eigenvalue weighted by Gasteiger charge is -2.15. The Balaban J connectivity index is 1.01. The van der Waals surface area contributed by atoms with E-state index in [2.05, 4.69) is 218 Å². The molecular weight excluding hydrogens is 757 g/mol. The van der Waals surface area contributed by atoms with E-state index in [1.165, 1.54) is 74.7 Å². The van der Waals surface area contributed by atoms with Gasteiger partial charge in [0.2, 0.25) is 0 Å². The third kappa shape index (κ3) is 6.18. The van der Waals surface area contributed by atoms with Gasteiger partial charge in [0.1, 0.15) is 0 Å². The Kier molecular flexibility index (Phi) is 8.39. The molecule has 2 heterocycles. The third-order valence-corrected chi connectivity index (χ3v) is 13.2. The van der Waals surface area contributed by atoms with Gasteiger partial charge in [-0.25, -0.2) is 9.97 Å². The maximum Gasteiger partial charge on any atom is 0.160 e. The first-order chi connectivity index (χ1) is 30.2. The molecule has 12 aromatic rings. The molecule has 0 spiro atoms. The molecule has 0 aliphatic rings. The van der Waals surface area contributed by atoms with Crippen LogP contribution in [-0.4, -0.2) is 9.97 Å². The average Bonchev–Trinajstić information content (AvgIpc) is 3.73. The minimum atomic E-state index is 0.689. The SMILES string of the molecule is c1ccc(-c2cccc(-c3cc(-c4cccc(-c5cccc6sc7ccccc7c56)c4)nc(-c4ccc(-c5c6ccccc6cc6c5ccc5ccccc56)cc4)n3)c2)cc1. The van der Waals surface area contributed by atoms with Crippen molar-refractivity contribution < 1.29 is 0 Å². The average molecular weight is 793 g/mol. The van der Waals surface area contributed by atoms with Gasteiger partial charge in [0, 0.05) is 36.9 Å². The first-order valence-corrected chi connectivity index (χ1v) is 21.5. The highest BCUT2D eigenvalue weighted by Gasteiger charge is 2.17. The second kappa shape index (κ2) is 14.5. The van der Waals surface area contributed by atoms with Crippen LogP contribution in [0.25, 0.3) is 120 Å². The van der Waals surface area contributed by atoms with Crippen molar-refractivity contribution in [1.29, 1.82) is 0 Å². The van der Waals surface area contributed by atoms with Crippen LogP contribution in [0.15, 0.2) is 218 Å². The molecule has 0 unspecified atom stereocenters. The van der Waals surface area contributed by atoms with Crippen LogP contribution in [-0.2, 0) is 0 Å². The first kappa shape index (κ1) is 35.2. The molecule has 0 saturated carbocycles. The Morgan fingerprint density at radius 1 is 0.295 bits per heavy atom. The lowest BCUT2D eigenvalue weighted by molar-refractivity contribution is 1.18. The van der Waals surface area contributed by atoms with Crippen LogP contribution in [0.1, 0.15) is 0 Å². The quantitative estimate of drug-likeness (QED) is 0.124. The largest absolute Gasteiger partial charge is 0.228 e. The fraction of sp³-hybridized carbons (Fsp3) is 0. The molecule has 2 aromatic heterocycles. The summed E-state index contributed by atoms with van der Waals surface area (Å²) in [5, 5.41) is 10.1. The van der Waals surface area contributed by atoms with Crippen LogP contribution in [0.3, 0.4) is 0 Å². The van der Waals surface area contributed by atoms with Gasteiger partial charge in [-0.3, -0.25) is 0 Å². The highest BCUT2D eigenvalue weighted by Crippen LogP contribution is 2.42. The van der Waals surface area contributed by atoms with Crippen molar-refractivity contribution in [2.75, 3.05) is 0 Å². The molecule has 0 aliphatic heterocycles. The van der Waals surface area contributed by atoms with E-state index < -0.39 is 0 Å². The molecule has 10 aromatic carbocycles. The van der Waals surface area contributed by atoms with Gasteiger partial charge in [-0.1, -0.05) is 182 Å². The van der Waals surface area contributed by atoms with Gasteiger partial charge in [-0.2, -0.15) is 0 Å². The van der Waals surface area contributed by atoms with Gasteiger partial charge in [-0.15, -0.1) is 11.3 Å². The summed E-state index contributed by atoms with van der Waals surface area (Å²) in [5.41, 5.74) is 11.9. The van der Waals surface area contributed by atoms with Gasteiger partial charge >= 0.3 is 0 Å². The van der Waals surface area contributed by atoms with Gasteiger partial charge < -0.3 is 0 Å². The zero-order valence-corrected chi connectivity index (χ0v) is 33.9. The van der Waals surface area contributed by atoms with Crippen molar-refractivity contribution >= 4 is 63.8 Å². The summed E-state index contributed by atoms with van der Waals surface area (Å²) < 4.78 is 2.60. The maximum absolute atomic E-state index is 5.34. The standard InChI is InChI=1S/C58H36N2S/c1-2-13-37(14-3-1)41-17-10-19-44(33-41)52-36-53(45-20-11-18-42(34-45)48-24-12-26-55-57(48)50-23-8-9-25-54(50)61-55)60-58(59-52)40-29-27-39(28-30-40)56-47-22-7-5-16-43(47)35-51-46-21-6-4-15-38(46)31-32-49(51)56/h1-36H. The number of fused-ring (bicyclic) bond motifs is 7. The van der Waals surface area contributed by atoms with Crippen LogP contribution in [0, 0.1) is 0 Å². The highest BCUT2D eigenvalue weighted by atomic mass is 32.1. The highest BCUT2D eigenvalue weighted by molar-refractivity contribution is 7.25. The molecule has 0 bridgehead atoms.